The number of hydrogen-bond acceptors (Lipinski definition) is 9. The summed E-state index contributed by atoms with van der Waals surface area (Å²) in [6, 6.07) is 4.96. The Hall–Kier alpha value is -3.80. The fourth-order valence-electron chi connectivity index (χ4n) is 2.66. The van der Waals surface area contributed by atoms with Crippen molar-refractivity contribution in [2.24, 2.45) is 0 Å². The van der Waals surface area contributed by atoms with E-state index in [-0.39, 0.29) is 24.7 Å². The standard InChI is InChI=1S/C23H31N3O9/c1-6-7-20(29)25(16-27)14-19(28)24-22(2,3)12-13-34-23(4,5)15-33-21(30)35-18-10-8-17(9-11-18)26(31)32/h6-11,16H,12-15H2,1-5H3,(H,24,28)/b7-6-. The van der Waals surface area contributed by atoms with Crippen LogP contribution in [-0.4, -0.2) is 65.1 Å². The lowest BCUT2D eigenvalue weighted by molar-refractivity contribution is -0.384. The van der Waals surface area contributed by atoms with Crippen LogP contribution in [0.2, 0.25) is 0 Å². The molecule has 0 saturated carbocycles. The molecule has 12 nitrogen and oxygen atoms in total. The van der Waals surface area contributed by atoms with Gasteiger partial charge in [0, 0.05) is 24.3 Å². The second-order valence-electron chi connectivity index (χ2n) is 8.75. The quantitative estimate of drug-likeness (QED) is 0.109. The van der Waals surface area contributed by atoms with Gasteiger partial charge in [0.15, 0.2) is 0 Å². The van der Waals surface area contributed by atoms with E-state index in [1.54, 1.807) is 34.6 Å². The van der Waals surface area contributed by atoms with Crippen molar-refractivity contribution in [3.8, 4) is 5.75 Å². The Kier molecular flexibility index (Phi) is 11.0. The van der Waals surface area contributed by atoms with Gasteiger partial charge in [-0.25, -0.2) is 4.79 Å². The summed E-state index contributed by atoms with van der Waals surface area (Å²) in [5.74, 6) is -0.999. The molecule has 3 amide bonds. The minimum atomic E-state index is -0.990. The molecule has 0 spiro atoms. The highest BCUT2D eigenvalue weighted by molar-refractivity contribution is 5.97. The number of imide groups is 1. The predicted molar refractivity (Wildman–Crippen MR) is 125 cm³/mol. The normalized spacial score (nSPS) is 11.6. The van der Waals surface area contributed by atoms with E-state index in [9.17, 15) is 29.3 Å². The number of nitro groups is 1. The van der Waals surface area contributed by atoms with Crippen LogP contribution < -0.4 is 10.1 Å². The van der Waals surface area contributed by atoms with Crippen LogP contribution in [-0.2, 0) is 23.9 Å². The summed E-state index contributed by atoms with van der Waals surface area (Å²) in [5, 5.41) is 13.4. The molecular weight excluding hydrogens is 462 g/mol. The molecule has 0 radical (unpaired) electrons. The molecule has 0 fully saturated rings. The Morgan fingerprint density at radius 2 is 1.77 bits per heavy atom. The van der Waals surface area contributed by atoms with Crippen molar-refractivity contribution in [1.29, 1.82) is 0 Å². The third-order valence-corrected chi connectivity index (χ3v) is 4.52. The Labute approximate surface area is 203 Å². The second kappa shape index (κ2) is 13.2. The zero-order chi connectivity index (χ0) is 26.6. The van der Waals surface area contributed by atoms with Gasteiger partial charge in [0.2, 0.25) is 12.3 Å². The largest absolute Gasteiger partial charge is 0.513 e. The molecule has 0 heterocycles. The third kappa shape index (κ3) is 11.3. The first-order chi connectivity index (χ1) is 16.3. The average Bonchev–Trinajstić information content (AvgIpc) is 2.76. The van der Waals surface area contributed by atoms with Crippen molar-refractivity contribution in [2.75, 3.05) is 19.8 Å². The summed E-state index contributed by atoms with van der Waals surface area (Å²) < 4.78 is 15.8. The van der Waals surface area contributed by atoms with E-state index in [0.717, 1.165) is 4.90 Å². The van der Waals surface area contributed by atoms with Gasteiger partial charge in [-0.15, -0.1) is 0 Å². The van der Waals surface area contributed by atoms with Gasteiger partial charge in [0.25, 0.3) is 11.6 Å². The first kappa shape index (κ1) is 29.2. The van der Waals surface area contributed by atoms with Gasteiger partial charge in [-0.3, -0.25) is 29.4 Å². The van der Waals surface area contributed by atoms with Gasteiger partial charge in [0.05, 0.1) is 10.5 Å². The van der Waals surface area contributed by atoms with Gasteiger partial charge in [-0.05, 0) is 59.2 Å². The monoisotopic (exact) mass is 493 g/mol. The van der Waals surface area contributed by atoms with E-state index in [4.69, 9.17) is 14.2 Å². The number of ether oxygens (including phenoxy) is 3. The Bertz CT molecular complexity index is 940. The number of hydrogen-bond donors (Lipinski definition) is 1. The average molecular weight is 494 g/mol. The molecule has 1 N–H and O–H groups in total. The summed E-state index contributed by atoms with van der Waals surface area (Å²) in [5.41, 5.74) is -1.72. The van der Waals surface area contributed by atoms with Crippen LogP contribution >= 0.6 is 0 Å². The van der Waals surface area contributed by atoms with E-state index < -0.39 is 40.6 Å². The lowest BCUT2D eigenvalue weighted by atomic mass is 10.0. The molecule has 0 bridgehead atoms. The molecule has 0 aliphatic heterocycles. The zero-order valence-corrected chi connectivity index (χ0v) is 20.4. The molecule has 1 rings (SSSR count). The fourth-order valence-corrected chi connectivity index (χ4v) is 2.66. The SMILES string of the molecule is C/C=C\C(=O)N(C=O)CC(=O)NC(C)(C)CCOC(C)(C)COC(=O)Oc1ccc([N+](=O)[O-])cc1. The zero-order valence-electron chi connectivity index (χ0n) is 20.4. The number of benzene rings is 1. The van der Waals surface area contributed by atoms with Crippen LogP contribution in [0.25, 0.3) is 0 Å². The van der Waals surface area contributed by atoms with Crippen LogP contribution in [0.1, 0.15) is 41.0 Å². The maximum atomic E-state index is 12.2. The van der Waals surface area contributed by atoms with Gasteiger partial charge >= 0.3 is 6.16 Å². The Morgan fingerprint density at radius 3 is 2.31 bits per heavy atom. The van der Waals surface area contributed by atoms with Gasteiger partial charge < -0.3 is 19.5 Å². The fraction of sp³-hybridized carbons (Fsp3) is 0.478. The van der Waals surface area contributed by atoms with Crippen LogP contribution in [0.5, 0.6) is 5.75 Å². The maximum absolute atomic E-state index is 12.2. The second-order valence-corrected chi connectivity index (χ2v) is 8.75. The smallest absolute Gasteiger partial charge is 0.431 e. The first-order valence-corrected chi connectivity index (χ1v) is 10.7. The lowest BCUT2D eigenvalue weighted by Crippen LogP contribution is -2.49. The molecule has 0 aromatic heterocycles. The summed E-state index contributed by atoms with van der Waals surface area (Å²) in [4.78, 5) is 57.8. The third-order valence-electron chi connectivity index (χ3n) is 4.52. The lowest BCUT2D eigenvalue weighted by Gasteiger charge is -2.30. The van der Waals surface area contributed by atoms with Crippen LogP contribution in [0.4, 0.5) is 10.5 Å². The number of carbonyl (C=O) groups is 4. The molecule has 192 valence electrons. The van der Waals surface area contributed by atoms with E-state index in [1.807, 2.05) is 0 Å². The molecule has 1 aromatic carbocycles. The first-order valence-electron chi connectivity index (χ1n) is 10.7. The number of non-ortho nitro benzene ring substituents is 1. The maximum Gasteiger partial charge on any atom is 0.513 e. The molecule has 0 aliphatic rings. The number of amides is 3. The summed E-state index contributed by atoms with van der Waals surface area (Å²) in [6.45, 7) is 8.21. The van der Waals surface area contributed by atoms with Gasteiger partial charge in [-0.1, -0.05) is 6.08 Å². The van der Waals surface area contributed by atoms with Gasteiger partial charge in [0.1, 0.15) is 18.9 Å². The highest BCUT2D eigenvalue weighted by Crippen LogP contribution is 2.19. The molecule has 0 unspecified atom stereocenters. The van der Waals surface area contributed by atoms with Crippen molar-refractivity contribution in [3.63, 3.8) is 0 Å². The van der Waals surface area contributed by atoms with Crippen molar-refractivity contribution < 1.29 is 38.3 Å². The number of nitrogens with zero attached hydrogens (tertiary/aromatic N) is 2. The molecule has 35 heavy (non-hydrogen) atoms. The number of nitrogens with one attached hydrogen (secondary N) is 1. The number of nitro benzene ring substituents is 1. The Balaban J connectivity index is 2.45. The topological polar surface area (TPSA) is 154 Å². The number of carbonyl (C=O) groups excluding carboxylic acids is 4. The number of allylic oxidation sites excluding steroid dienone is 1. The van der Waals surface area contributed by atoms with Crippen molar-refractivity contribution in [2.45, 2.75) is 52.2 Å². The summed E-state index contributed by atoms with van der Waals surface area (Å²) >= 11 is 0. The van der Waals surface area contributed by atoms with Crippen LogP contribution in [0, 0.1) is 10.1 Å². The summed E-state index contributed by atoms with van der Waals surface area (Å²) in [6.07, 6.45) is 2.35. The minimum Gasteiger partial charge on any atom is -0.431 e. The van der Waals surface area contributed by atoms with E-state index in [2.05, 4.69) is 5.32 Å². The van der Waals surface area contributed by atoms with E-state index in [0.29, 0.717) is 12.8 Å². The Morgan fingerprint density at radius 1 is 1.14 bits per heavy atom. The van der Waals surface area contributed by atoms with Crippen molar-refractivity contribution in [1.82, 2.24) is 10.2 Å². The van der Waals surface area contributed by atoms with E-state index in [1.165, 1.54) is 36.4 Å². The van der Waals surface area contributed by atoms with E-state index >= 15 is 0 Å². The van der Waals surface area contributed by atoms with Crippen molar-refractivity contribution in [3.05, 3.63) is 46.5 Å². The molecule has 12 heteroatoms. The minimum absolute atomic E-state index is 0.0948. The molecule has 0 atom stereocenters. The van der Waals surface area contributed by atoms with Crippen LogP contribution in [0.3, 0.4) is 0 Å². The highest BCUT2D eigenvalue weighted by atomic mass is 16.7. The van der Waals surface area contributed by atoms with Crippen LogP contribution in [0.15, 0.2) is 36.4 Å². The molecule has 0 aliphatic carbocycles. The highest BCUT2D eigenvalue weighted by Gasteiger charge is 2.26. The number of rotatable bonds is 13. The van der Waals surface area contributed by atoms with Crippen molar-refractivity contribution >= 4 is 30.1 Å². The summed E-state index contributed by atoms with van der Waals surface area (Å²) in [7, 11) is 0. The molecular formula is C23H31N3O9. The van der Waals surface area contributed by atoms with Gasteiger partial charge in [-0.2, -0.15) is 0 Å². The molecule has 0 saturated heterocycles. The molecule has 1 aromatic rings. The predicted octanol–water partition coefficient (Wildman–Crippen LogP) is 2.75.